The Labute approximate surface area is 320 Å². The Balaban J connectivity index is 1.27. The van der Waals surface area contributed by atoms with Gasteiger partial charge in [-0.2, -0.15) is 0 Å². The third-order valence-corrected chi connectivity index (χ3v) is 12.3. The van der Waals surface area contributed by atoms with E-state index in [0.717, 1.165) is 12.8 Å². The number of benzene rings is 2. The molecule has 0 radical (unpaired) electrons. The molecule has 4 aliphatic rings. The molecule has 2 aromatic rings. The highest BCUT2D eigenvalue weighted by molar-refractivity contribution is 7.90. The molecule has 3 aliphatic heterocycles. The van der Waals surface area contributed by atoms with Crippen molar-refractivity contribution in [2.24, 2.45) is 5.92 Å². The van der Waals surface area contributed by atoms with Gasteiger partial charge in [0.15, 0.2) is 0 Å². The van der Waals surface area contributed by atoms with E-state index < -0.39 is 80.9 Å². The van der Waals surface area contributed by atoms with E-state index in [9.17, 15) is 36.8 Å². The third kappa shape index (κ3) is 8.63. The van der Waals surface area contributed by atoms with Gasteiger partial charge in [-0.1, -0.05) is 55.3 Å². The number of urea groups is 1. The van der Waals surface area contributed by atoms with Gasteiger partial charge < -0.3 is 25.2 Å². The molecule has 6 rings (SSSR count). The number of nitrogens with zero attached hydrogens (tertiary/aromatic N) is 3. The monoisotopic (exact) mass is 780 g/mol. The number of carbonyl (C=O) groups excluding carboxylic acids is 5. The number of sulfonamides is 1. The Hall–Kier alpha value is -4.99. The van der Waals surface area contributed by atoms with Gasteiger partial charge in [-0.15, -0.1) is 0 Å². The van der Waals surface area contributed by atoms with Crippen LogP contribution in [-0.4, -0.2) is 95.8 Å². The SMILES string of the molecule is CN(C(=O)N[C@H]1CCCCC/C=C\[C@@H]2C[C@@]2(C(=O)NS(=O)(=O)c2ccccc2)NC(=O)[C@@H]2C[C@@H](OC(=O)N3Cc4cccc(F)c4C3)CN2C1=O)C(C)(C)C. The van der Waals surface area contributed by atoms with Gasteiger partial charge in [0.1, 0.15) is 29.5 Å². The predicted octanol–water partition coefficient (Wildman–Crippen LogP) is 3.96. The number of amides is 6. The molecule has 3 N–H and O–H groups in total. The summed E-state index contributed by atoms with van der Waals surface area (Å²) in [4.78, 5) is 73.5. The molecular weight excluding hydrogens is 732 g/mol. The summed E-state index contributed by atoms with van der Waals surface area (Å²) < 4.78 is 48.9. The number of hydrogen-bond donors (Lipinski definition) is 3. The van der Waals surface area contributed by atoms with E-state index in [4.69, 9.17) is 4.74 Å². The fourth-order valence-corrected chi connectivity index (χ4v) is 8.37. The molecule has 5 atom stereocenters. The maximum atomic E-state index is 14.5. The topological polar surface area (TPSA) is 175 Å². The second-order valence-corrected chi connectivity index (χ2v) is 17.5. The molecule has 1 saturated heterocycles. The fraction of sp³-hybridized carbons (Fsp3) is 0.513. The summed E-state index contributed by atoms with van der Waals surface area (Å²) in [5, 5.41) is 5.66. The van der Waals surface area contributed by atoms with Crippen LogP contribution in [0.3, 0.4) is 0 Å². The molecule has 55 heavy (non-hydrogen) atoms. The van der Waals surface area contributed by atoms with Crippen LogP contribution in [-0.2, 0) is 42.2 Å². The Kier molecular flexibility index (Phi) is 11.3. The molecule has 0 aromatic heterocycles. The van der Waals surface area contributed by atoms with Gasteiger partial charge in [0.2, 0.25) is 11.8 Å². The van der Waals surface area contributed by atoms with Gasteiger partial charge in [0.05, 0.1) is 18.0 Å². The Morgan fingerprint density at radius 2 is 1.76 bits per heavy atom. The van der Waals surface area contributed by atoms with Crippen molar-refractivity contribution in [2.75, 3.05) is 13.6 Å². The molecule has 16 heteroatoms. The highest BCUT2D eigenvalue weighted by Gasteiger charge is 2.61. The van der Waals surface area contributed by atoms with E-state index in [-0.39, 0.29) is 43.8 Å². The molecule has 2 aromatic carbocycles. The Morgan fingerprint density at radius 3 is 2.47 bits per heavy atom. The highest BCUT2D eigenvalue weighted by Crippen LogP contribution is 2.46. The number of hydrogen-bond acceptors (Lipinski definition) is 8. The van der Waals surface area contributed by atoms with Crippen LogP contribution in [0.1, 0.15) is 76.8 Å². The van der Waals surface area contributed by atoms with Gasteiger partial charge in [-0.25, -0.2) is 27.1 Å². The van der Waals surface area contributed by atoms with Gasteiger partial charge in [0, 0.05) is 37.0 Å². The number of rotatable bonds is 5. The summed E-state index contributed by atoms with van der Waals surface area (Å²) >= 11 is 0. The first-order valence-corrected chi connectivity index (χ1v) is 20.2. The Bertz CT molecular complexity index is 1970. The van der Waals surface area contributed by atoms with E-state index >= 15 is 0 Å². The number of halogens is 1. The summed E-state index contributed by atoms with van der Waals surface area (Å²) in [5.41, 5.74) is -1.16. The minimum Gasteiger partial charge on any atom is -0.444 e. The second kappa shape index (κ2) is 15.6. The second-order valence-electron chi connectivity index (χ2n) is 15.8. The van der Waals surface area contributed by atoms with Crippen LogP contribution in [0, 0.1) is 11.7 Å². The van der Waals surface area contributed by atoms with Crippen LogP contribution < -0.4 is 15.4 Å². The first-order valence-electron chi connectivity index (χ1n) is 18.7. The number of allylic oxidation sites excluding steroid dienone is 1. The van der Waals surface area contributed by atoms with E-state index in [1.165, 1.54) is 45.0 Å². The first-order chi connectivity index (χ1) is 26.0. The normalized spacial score (nSPS) is 26.3. The standard InChI is InChI=1S/C39H49FN6O8S/c1-38(2,3)44(4)36(50)41-31-19-12-7-5-6-9-15-26-21-39(26,35(49)43-55(52,53)28-16-10-8-11-17-28)42-33(47)32-20-27(23-46(32)34(31)48)54-37(51)45-22-25-14-13-18-30(40)29(25)24-45/h8-11,13-18,26-27,31-32H,5-7,12,19-24H2,1-4H3,(H,41,50)(H,42,47)(H,43,49)/b15-9-/t26-,27-,31+,32+,39-/m1/s1. The van der Waals surface area contributed by atoms with Crippen molar-refractivity contribution < 1.29 is 41.5 Å². The smallest absolute Gasteiger partial charge is 0.410 e. The summed E-state index contributed by atoms with van der Waals surface area (Å²) in [7, 11) is -2.67. The zero-order valence-corrected chi connectivity index (χ0v) is 32.4. The van der Waals surface area contributed by atoms with Crippen LogP contribution >= 0.6 is 0 Å². The number of ether oxygens (including phenoxy) is 1. The van der Waals surface area contributed by atoms with E-state index in [0.29, 0.717) is 24.0 Å². The van der Waals surface area contributed by atoms with Gasteiger partial charge in [-0.05, 0) is 70.2 Å². The van der Waals surface area contributed by atoms with Crippen LogP contribution in [0.2, 0.25) is 0 Å². The van der Waals surface area contributed by atoms with Crippen LogP contribution in [0.5, 0.6) is 0 Å². The summed E-state index contributed by atoms with van der Waals surface area (Å²) in [6, 6.07) is 9.25. The minimum atomic E-state index is -4.29. The van der Waals surface area contributed by atoms with Crippen molar-refractivity contribution >= 4 is 39.9 Å². The molecule has 1 aliphatic carbocycles. The van der Waals surface area contributed by atoms with Crippen molar-refractivity contribution in [1.82, 2.24) is 30.1 Å². The average molecular weight is 781 g/mol. The molecule has 3 heterocycles. The largest absolute Gasteiger partial charge is 0.444 e. The number of fused-ring (bicyclic) bond motifs is 3. The van der Waals surface area contributed by atoms with Crippen molar-refractivity contribution in [3.63, 3.8) is 0 Å². The van der Waals surface area contributed by atoms with E-state index in [2.05, 4.69) is 15.4 Å². The third-order valence-electron chi connectivity index (χ3n) is 11.0. The Morgan fingerprint density at radius 1 is 1.02 bits per heavy atom. The highest BCUT2D eigenvalue weighted by atomic mass is 32.2. The quantitative estimate of drug-likeness (QED) is 0.383. The van der Waals surface area contributed by atoms with E-state index in [1.807, 2.05) is 26.8 Å². The maximum Gasteiger partial charge on any atom is 0.410 e. The van der Waals surface area contributed by atoms with E-state index in [1.54, 1.807) is 31.3 Å². The molecule has 6 amide bonds. The lowest BCUT2D eigenvalue weighted by atomic mass is 10.0. The summed E-state index contributed by atoms with van der Waals surface area (Å²) in [5.74, 6) is -3.18. The van der Waals surface area contributed by atoms with Crippen molar-refractivity contribution in [1.29, 1.82) is 0 Å². The van der Waals surface area contributed by atoms with Crippen molar-refractivity contribution in [3.05, 3.63) is 77.6 Å². The van der Waals surface area contributed by atoms with Crippen LogP contribution in [0.25, 0.3) is 0 Å². The van der Waals surface area contributed by atoms with Gasteiger partial charge in [0.25, 0.3) is 15.9 Å². The van der Waals surface area contributed by atoms with Gasteiger partial charge in [-0.3, -0.25) is 19.3 Å². The summed E-state index contributed by atoms with van der Waals surface area (Å²) in [6.07, 6.45) is 4.98. The molecule has 14 nitrogen and oxygen atoms in total. The molecule has 0 bridgehead atoms. The lowest BCUT2D eigenvalue weighted by Gasteiger charge is -2.35. The fourth-order valence-electron chi connectivity index (χ4n) is 7.31. The molecule has 0 spiro atoms. The lowest BCUT2D eigenvalue weighted by Crippen LogP contribution is -2.59. The van der Waals surface area contributed by atoms with Crippen molar-refractivity contribution in [3.8, 4) is 0 Å². The zero-order chi connectivity index (χ0) is 39.7. The van der Waals surface area contributed by atoms with Crippen molar-refractivity contribution in [2.45, 2.75) is 113 Å². The minimum absolute atomic E-state index is 0.00601. The zero-order valence-electron chi connectivity index (χ0n) is 31.5. The predicted molar refractivity (Wildman–Crippen MR) is 199 cm³/mol. The molecule has 296 valence electrons. The molecule has 1 saturated carbocycles. The molecule has 2 fully saturated rings. The summed E-state index contributed by atoms with van der Waals surface area (Å²) in [6.45, 7) is 5.49. The van der Waals surface area contributed by atoms with Gasteiger partial charge >= 0.3 is 12.1 Å². The number of nitrogens with one attached hydrogen (secondary N) is 3. The first kappa shape index (κ1) is 39.7. The molecule has 0 unspecified atom stereocenters. The lowest BCUT2D eigenvalue weighted by molar-refractivity contribution is -0.141. The van der Waals surface area contributed by atoms with Crippen LogP contribution in [0.4, 0.5) is 14.0 Å². The average Bonchev–Trinajstić information content (AvgIpc) is 3.43. The maximum absolute atomic E-state index is 14.5. The molecular formula is C39H49FN6O8S. The number of carbonyl (C=O) groups is 5. The van der Waals surface area contributed by atoms with Crippen LogP contribution in [0.15, 0.2) is 65.6 Å².